The molecular formula is C14H20N2O4. The van der Waals surface area contributed by atoms with Crippen molar-refractivity contribution in [2.24, 2.45) is 5.92 Å². The lowest BCUT2D eigenvalue weighted by Gasteiger charge is -2.18. The van der Waals surface area contributed by atoms with E-state index in [9.17, 15) is 4.79 Å². The monoisotopic (exact) mass is 280 g/mol. The molecule has 0 spiro atoms. The lowest BCUT2D eigenvalue weighted by molar-refractivity contribution is -0.120. The minimum atomic E-state index is -0.202. The number of methoxy groups -OCH3 is 2. The number of nitrogens with one attached hydrogen (secondary N) is 2. The number of benzene rings is 1. The molecule has 1 aromatic carbocycles. The predicted octanol–water partition coefficient (Wildman–Crippen LogP) is 0.877. The molecule has 1 aliphatic rings. The van der Waals surface area contributed by atoms with Gasteiger partial charge >= 0.3 is 0 Å². The molecule has 1 heterocycles. The van der Waals surface area contributed by atoms with Crippen molar-refractivity contribution in [2.75, 3.05) is 39.8 Å². The fourth-order valence-electron chi connectivity index (χ4n) is 2.22. The second-order valence-electron chi connectivity index (χ2n) is 4.59. The highest BCUT2D eigenvalue weighted by Crippen LogP contribution is 2.29. The van der Waals surface area contributed by atoms with Crippen molar-refractivity contribution in [1.82, 2.24) is 5.32 Å². The average molecular weight is 280 g/mol. The maximum Gasteiger partial charge on any atom is 0.231 e. The molecule has 1 saturated heterocycles. The third-order valence-corrected chi connectivity index (χ3v) is 3.45. The van der Waals surface area contributed by atoms with Gasteiger partial charge < -0.3 is 24.8 Å². The van der Waals surface area contributed by atoms with Crippen molar-refractivity contribution in [2.45, 2.75) is 6.04 Å². The van der Waals surface area contributed by atoms with Crippen LogP contribution >= 0.6 is 0 Å². The van der Waals surface area contributed by atoms with Crippen molar-refractivity contribution in [3.05, 3.63) is 18.2 Å². The number of carbonyl (C=O) groups is 1. The molecule has 6 nitrogen and oxygen atoms in total. The van der Waals surface area contributed by atoms with Crippen LogP contribution in [0.15, 0.2) is 18.2 Å². The number of rotatable bonds is 5. The Morgan fingerprint density at radius 1 is 1.30 bits per heavy atom. The largest absolute Gasteiger partial charge is 0.497 e. The summed E-state index contributed by atoms with van der Waals surface area (Å²) >= 11 is 0. The highest BCUT2D eigenvalue weighted by molar-refractivity contribution is 5.94. The summed E-state index contributed by atoms with van der Waals surface area (Å²) in [6.07, 6.45) is 0. The van der Waals surface area contributed by atoms with E-state index < -0.39 is 0 Å². The Labute approximate surface area is 118 Å². The van der Waals surface area contributed by atoms with Gasteiger partial charge in [0.25, 0.3) is 0 Å². The van der Waals surface area contributed by atoms with E-state index in [-0.39, 0.29) is 17.9 Å². The van der Waals surface area contributed by atoms with Gasteiger partial charge in [-0.05, 0) is 19.2 Å². The third kappa shape index (κ3) is 3.02. The molecule has 1 aromatic rings. The van der Waals surface area contributed by atoms with Crippen LogP contribution in [0, 0.1) is 5.92 Å². The number of carbonyl (C=O) groups excluding carboxylic acids is 1. The molecule has 2 rings (SSSR count). The van der Waals surface area contributed by atoms with E-state index in [4.69, 9.17) is 14.2 Å². The van der Waals surface area contributed by atoms with Gasteiger partial charge in [0.2, 0.25) is 5.91 Å². The van der Waals surface area contributed by atoms with E-state index in [0.29, 0.717) is 30.4 Å². The Morgan fingerprint density at radius 3 is 2.75 bits per heavy atom. The Morgan fingerprint density at radius 2 is 2.10 bits per heavy atom. The normalized spacial score (nSPS) is 21.6. The molecular weight excluding hydrogens is 260 g/mol. The average Bonchev–Trinajstić information content (AvgIpc) is 2.96. The van der Waals surface area contributed by atoms with Gasteiger partial charge in [-0.3, -0.25) is 4.79 Å². The number of amides is 1. The van der Waals surface area contributed by atoms with Crippen molar-refractivity contribution in [3.63, 3.8) is 0 Å². The smallest absolute Gasteiger partial charge is 0.231 e. The van der Waals surface area contributed by atoms with Gasteiger partial charge in [0.15, 0.2) is 0 Å². The van der Waals surface area contributed by atoms with Crippen LogP contribution in [-0.2, 0) is 9.53 Å². The Hall–Kier alpha value is -1.79. The highest BCUT2D eigenvalue weighted by atomic mass is 16.5. The first-order chi connectivity index (χ1) is 9.69. The van der Waals surface area contributed by atoms with Crippen LogP contribution in [-0.4, -0.2) is 46.4 Å². The van der Waals surface area contributed by atoms with Crippen molar-refractivity contribution >= 4 is 11.6 Å². The van der Waals surface area contributed by atoms with Crippen LogP contribution in [0.1, 0.15) is 0 Å². The summed E-state index contributed by atoms with van der Waals surface area (Å²) in [5, 5.41) is 5.97. The molecule has 2 atom stereocenters. The summed E-state index contributed by atoms with van der Waals surface area (Å²) in [5.74, 6) is 0.965. The molecule has 0 aliphatic carbocycles. The first kappa shape index (κ1) is 14.6. The summed E-state index contributed by atoms with van der Waals surface area (Å²) in [5.41, 5.74) is 0.625. The van der Waals surface area contributed by atoms with Crippen LogP contribution in [0.3, 0.4) is 0 Å². The number of hydrogen-bond donors (Lipinski definition) is 2. The van der Waals surface area contributed by atoms with Crippen LogP contribution in [0.25, 0.3) is 0 Å². The fraction of sp³-hybridized carbons (Fsp3) is 0.500. The molecule has 1 aliphatic heterocycles. The topological polar surface area (TPSA) is 68.8 Å². The van der Waals surface area contributed by atoms with E-state index in [1.807, 2.05) is 7.05 Å². The summed E-state index contributed by atoms with van der Waals surface area (Å²) in [4.78, 5) is 12.3. The third-order valence-electron chi connectivity index (χ3n) is 3.45. The summed E-state index contributed by atoms with van der Waals surface area (Å²) in [6.45, 7) is 0.976. The molecule has 6 heteroatoms. The van der Waals surface area contributed by atoms with Crippen LogP contribution < -0.4 is 20.1 Å². The summed E-state index contributed by atoms with van der Waals surface area (Å²) < 4.78 is 15.7. The number of likely N-dealkylation sites (N-methyl/N-ethyl adjacent to an activating group) is 1. The van der Waals surface area contributed by atoms with Gasteiger partial charge in [-0.1, -0.05) is 0 Å². The number of anilines is 1. The number of hydrogen-bond acceptors (Lipinski definition) is 5. The van der Waals surface area contributed by atoms with E-state index in [2.05, 4.69) is 10.6 Å². The molecule has 0 aromatic heterocycles. The Balaban J connectivity index is 2.11. The quantitative estimate of drug-likeness (QED) is 0.838. The minimum Gasteiger partial charge on any atom is -0.497 e. The molecule has 20 heavy (non-hydrogen) atoms. The first-order valence-electron chi connectivity index (χ1n) is 6.47. The zero-order valence-corrected chi connectivity index (χ0v) is 11.9. The molecule has 1 fully saturated rings. The first-order valence-corrected chi connectivity index (χ1v) is 6.47. The molecule has 0 bridgehead atoms. The van der Waals surface area contributed by atoms with E-state index in [1.165, 1.54) is 0 Å². The molecule has 0 radical (unpaired) electrons. The van der Waals surface area contributed by atoms with Gasteiger partial charge in [-0.2, -0.15) is 0 Å². The second-order valence-corrected chi connectivity index (χ2v) is 4.59. The highest BCUT2D eigenvalue weighted by Gasteiger charge is 2.33. The minimum absolute atomic E-state index is 0.0410. The van der Waals surface area contributed by atoms with Gasteiger partial charge in [-0.25, -0.2) is 0 Å². The molecule has 1 amide bonds. The molecule has 2 unspecified atom stereocenters. The number of ether oxygens (including phenoxy) is 3. The predicted molar refractivity (Wildman–Crippen MR) is 75.3 cm³/mol. The summed E-state index contributed by atoms with van der Waals surface area (Å²) in [6, 6.07) is 5.31. The zero-order valence-electron chi connectivity index (χ0n) is 11.9. The maximum atomic E-state index is 12.3. The van der Waals surface area contributed by atoms with Crippen molar-refractivity contribution in [3.8, 4) is 11.5 Å². The Bertz CT molecular complexity index is 478. The molecule has 2 N–H and O–H groups in total. The standard InChI is InChI=1S/C14H20N2O4/c1-15-12-8-20-7-10(12)14(17)16-11-5-4-9(18-2)6-13(11)19-3/h4-6,10,12,15H,7-8H2,1-3H3,(H,16,17). The lowest BCUT2D eigenvalue weighted by atomic mass is 10.0. The summed E-state index contributed by atoms with van der Waals surface area (Å²) in [7, 11) is 4.97. The Kier molecular flexibility index (Phi) is 4.81. The van der Waals surface area contributed by atoms with E-state index in [1.54, 1.807) is 32.4 Å². The van der Waals surface area contributed by atoms with E-state index >= 15 is 0 Å². The van der Waals surface area contributed by atoms with Crippen LogP contribution in [0.2, 0.25) is 0 Å². The second kappa shape index (κ2) is 6.58. The lowest BCUT2D eigenvalue weighted by Crippen LogP contribution is -2.39. The van der Waals surface area contributed by atoms with E-state index in [0.717, 1.165) is 0 Å². The zero-order chi connectivity index (χ0) is 14.5. The molecule has 0 saturated carbocycles. The van der Waals surface area contributed by atoms with Crippen LogP contribution in [0.4, 0.5) is 5.69 Å². The van der Waals surface area contributed by atoms with Gasteiger partial charge in [0.05, 0.1) is 39.0 Å². The SMILES string of the molecule is CNC1COCC1C(=O)Nc1ccc(OC)cc1OC. The fourth-order valence-corrected chi connectivity index (χ4v) is 2.22. The maximum absolute atomic E-state index is 12.3. The van der Waals surface area contributed by atoms with Gasteiger partial charge in [0, 0.05) is 12.1 Å². The van der Waals surface area contributed by atoms with Gasteiger partial charge in [-0.15, -0.1) is 0 Å². The van der Waals surface area contributed by atoms with Gasteiger partial charge in [0.1, 0.15) is 11.5 Å². The van der Waals surface area contributed by atoms with Crippen LogP contribution in [0.5, 0.6) is 11.5 Å². The van der Waals surface area contributed by atoms with Crippen molar-refractivity contribution in [1.29, 1.82) is 0 Å². The molecule has 110 valence electrons. The van der Waals surface area contributed by atoms with Crippen molar-refractivity contribution < 1.29 is 19.0 Å².